The van der Waals surface area contributed by atoms with Gasteiger partial charge in [0.2, 0.25) is 0 Å². The van der Waals surface area contributed by atoms with Gasteiger partial charge in [0.05, 0.1) is 31.0 Å². The first-order valence-corrected chi connectivity index (χ1v) is 7.20. The Kier molecular flexibility index (Phi) is 3.94. The van der Waals surface area contributed by atoms with Gasteiger partial charge in [0, 0.05) is 11.2 Å². The summed E-state index contributed by atoms with van der Waals surface area (Å²) in [5.74, 6) is -0.0356. The van der Waals surface area contributed by atoms with Gasteiger partial charge in [-0.3, -0.25) is 9.89 Å². The van der Waals surface area contributed by atoms with Gasteiger partial charge >= 0.3 is 0 Å². The van der Waals surface area contributed by atoms with Crippen molar-refractivity contribution in [2.75, 3.05) is 13.2 Å². The molecule has 0 saturated carbocycles. The Hall–Kier alpha value is -1.85. The largest absolute Gasteiger partial charge is 0.370 e. The van der Waals surface area contributed by atoms with E-state index in [4.69, 9.17) is 16.3 Å². The zero-order valence-corrected chi connectivity index (χ0v) is 12.4. The number of morpholine rings is 1. The van der Waals surface area contributed by atoms with E-state index in [1.807, 2.05) is 36.1 Å². The summed E-state index contributed by atoms with van der Waals surface area (Å²) in [7, 11) is 0. The van der Waals surface area contributed by atoms with Crippen molar-refractivity contribution in [1.29, 1.82) is 0 Å². The molecule has 21 heavy (non-hydrogen) atoms. The number of benzene rings is 1. The van der Waals surface area contributed by atoms with Gasteiger partial charge in [-0.2, -0.15) is 5.10 Å². The fraction of sp³-hybridized carbons (Fsp3) is 0.333. The van der Waals surface area contributed by atoms with Crippen LogP contribution in [-0.4, -0.2) is 40.2 Å². The molecular formula is C15H16ClN3O2. The van der Waals surface area contributed by atoms with Crippen molar-refractivity contribution in [3.8, 4) is 0 Å². The van der Waals surface area contributed by atoms with Crippen LogP contribution in [-0.2, 0) is 4.74 Å². The molecule has 0 aliphatic carbocycles. The molecule has 0 radical (unpaired) electrons. The van der Waals surface area contributed by atoms with E-state index in [1.54, 1.807) is 12.4 Å². The van der Waals surface area contributed by atoms with Gasteiger partial charge in [0.25, 0.3) is 5.91 Å². The maximum Gasteiger partial charge on any atom is 0.257 e. The number of carbonyl (C=O) groups excluding carboxylic acids is 1. The second kappa shape index (κ2) is 5.87. The summed E-state index contributed by atoms with van der Waals surface area (Å²) < 4.78 is 5.85. The summed E-state index contributed by atoms with van der Waals surface area (Å²) >= 11 is 6.02. The molecule has 1 aromatic carbocycles. The van der Waals surface area contributed by atoms with Gasteiger partial charge in [0.15, 0.2) is 0 Å². The summed E-state index contributed by atoms with van der Waals surface area (Å²) in [6.07, 6.45) is 2.99. The standard InChI is InChI=1S/C15H16ClN3O2/c1-10-9-21-14(11-3-2-4-13(16)5-11)8-19(10)15(20)12-6-17-18-7-12/h2-7,10,14H,8-9H2,1H3,(H,17,18)/t10-,14+/m0/s1. The predicted octanol–water partition coefficient (Wildman–Crippen LogP) is 2.67. The molecule has 0 bridgehead atoms. The molecule has 6 heteroatoms. The number of aromatic nitrogens is 2. The summed E-state index contributed by atoms with van der Waals surface area (Å²) in [6.45, 7) is 2.98. The molecule has 2 heterocycles. The molecule has 2 aromatic rings. The van der Waals surface area contributed by atoms with Crippen LogP contribution in [0.5, 0.6) is 0 Å². The van der Waals surface area contributed by atoms with Crippen LogP contribution in [0, 0.1) is 0 Å². The van der Waals surface area contributed by atoms with Gasteiger partial charge in [-0.15, -0.1) is 0 Å². The first-order valence-electron chi connectivity index (χ1n) is 6.82. The van der Waals surface area contributed by atoms with Gasteiger partial charge < -0.3 is 9.64 Å². The Labute approximate surface area is 127 Å². The highest BCUT2D eigenvalue weighted by Gasteiger charge is 2.31. The maximum atomic E-state index is 12.5. The van der Waals surface area contributed by atoms with E-state index in [0.717, 1.165) is 5.56 Å². The number of nitrogens with one attached hydrogen (secondary N) is 1. The smallest absolute Gasteiger partial charge is 0.257 e. The van der Waals surface area contributed by atoms with Crippen LogP contribution in [0.2, 0.25) is 5.02 Å². The highest BCUT2D eigenvalue weighted by atomic mass is 35.5. The lowest BCUT2D eigenvalue weighted by Gasteiger charge is -2.38. The number of aromatic amines is 1. The number of halogens is 1. The number of H-pyrrole nitrogens is 1. The number of carbonyl (C=O) groups is 1. The third-order valence-electron chi connectivity index (χ3n) is 3.66. The van der Waals surface area contributed by atoms with E-state index >= 15 is 0 Å². The monoisotopic (exact) mass is 305 g/mol. The Balaban J connectivity index is 1.80. The van der Waals surface area contributed by atoms with Gasteiger partial charge in [-0.1, -0.05) is 23.7 Å². The molecule has 1 aromatic heterocycles. The Morgan fingerprint density at radius 2 is 2.38 bits per heavy atom. The molecule has 1 fully saturated rings. The van der Waals surface area contributed by atoms with Gasteiger partial charge in [-0.05, 0) is 24.6 Å². The minimum Gasteiger partial charge on any atom is -0.370 e. The number of ether oxygens (including phenoxy) is 1. The van der Waals surface area contributed by atoms with Crippen molar-refractivity contribution in [2.45, 2.75) is 19.1 Å². The molecule has 1 amide bonds. The summed E-state index contributed by atoms with van der Waals surface area (Å²) in [4.78, 5) is 14.3. The van der Waals surface area contributed by atoms with Crippen LogP contribution in [0.25, 0.3) is 0 Å². The number of rotatable bonds is 2. The fourth-order valence-corrected chi connectivity index (χ4v) is 2.68. The second-order valence-electron chi connectivity index (χ2n) is 5.17. The molecule has 5 nitrogen and oxygen atoms in total. The number of hydrogen-bond donors (Lipinski definition) is 1. The Morgan fingerprint density at radius 3 is 3.10 bits per heavy atom. The first kappa shape index (κ1) is 14.1. The molecule has 3 rings (SSSR count). The second-order valence-corrected chi connectivity index (χ2v) is 5.61. The third kappa shape index (κ3) is 2.94. The molecule has 1 aliphatic heterocycles. The lowest BCUT2D eigenvalue weighted by atomic mass is 10.1. The quantitative estimate of drug-likeness (QED) is 0.928. The SMILES string of the molecule is C[C@H]1CO[C@@H](c2cccc(Cl)c2)CN1C(=O)c1cn[nH]c1. The normalized spacial score (nSPS) is 22.3. The van der Waals surface area contributed by atoms with Crippen molar-refractivity contribution in [3.05, 3.63) is 52.8 Å². The molecule has 2 atom stereocenters. The minimum atomic E-state index is -0.157. The van der Waals surface area contributed by atoms with E-state index in [0.29, 0.717) is 23.7 Å². The fourth-order valence-electron chi connectivity index (χ4n) is 2.48. The van der Waals surface area contributed by atoms with Crippen molar-refractivity contribution in [3.63, 3.8) is 0 Å². The zero-order valence-electron chi connectivity index (χ0n) is 11.6. The van der Waals surface area contributed by atoms with E-state index in [2.05, 4.69) is 10.2 Å². The molecule has 1 saturated heterocycles. The topological polar surface area (TPSA) is 58.2 Å². The van der Waals surface area contributed by atoms with Crippen molar-refractivity contribution < 1.29 is 9.53 Å². The van der Waals surface area contributed by atoms with Crippen LogP contribution in [0.4, 0.5) is 0 Å². The Morgan fingerprint density at radius 1 is 1.52 bits per heavy atom. The molecule has 110 valence electrons. The minimum absolute atomic E-state index is 0.0304. The highest BCUT2D eigenvalue weighted by Crippen LogP contribution is 2.27. The number of nitrogens with zero attached hydrogens (tertiary/aromatic N) is 2. The van der Waals surface area contributed by atoms with Crippen LogP contribution >= 0.6 is 11.6 Å². The Bertz CT molecular complexity index is 630. The van der Waals surface area contributed by atoms with Crippen LogP contribution in [0.15, 0.2) is 36.7 Å². The van der Waals surface area contributed by atoms with E-state index < -0.39 is 0 Å². The first-order chi connectivity index (χ1) is 10.1. The van der Waals surface area contributed by atoms with Crippen LogP contribution in [0.3, 0.4) is 0 Å². The zero-order chi connectivity index (χ0) is 14.8. The third-order valence-corrected chi connectivity index (χ3v) is 3.89. The summed E-state index contributed by atoms with van der Waals surface area (Å²) in [5, 5.41) is 7.17. The average molecular weight is 306 g/mol. The molecule has 1 aliphatic rings. The van der Waals surface area contributed by atoms with Gasteiger partial charge in [0.1, 0.15) is 6.10 Å². The lowest BCUT2D eigenvalue weighted by molar-refractivity contribution is -0.0486. The maximum absolute atomic E-state index is 12.5. The van der Waals surface area contributed by atoms with Crippen LogP contribution in [0.1, 0.15) is 28.9 Å². The van der Waals surface area contributed by atoms with Gasteiger partial charge in [-0.25, -0.2) is 0 Å². The van der Waals surface area contributed by atoms with Crippen molar-refractivity contribution in [2.24, 2.45) is 0 Å². The van der Waals surface area contributed by atoms with E-state index in [1.165, 1.54) is 0 Å². The van der Waals surface area contributed by atoms with Crippen molar-refractivity contribution in [1.82, 2.24) is 15.1 Å². The summed E-state index contributed by atoms with van der Waals surface area (Å²) in [6, 6.07) is 7.59. The highest BCUT2D eigenvalue weighted by molar-refractivity contribution is 6.30. The van der Waals surface area contributed by atoms with E-state index in [-0.39, 0.29) is 18.1 Å². The average Bonchev–Trinajstić information content (AvgIpc) is 3.01. The molecule has 1 N–H and O–H groups in total. The van der Waals surface area contributed by atoms with E-state index in [9.17, 15) is 4.79 Å². The molecule has 0 unspecified atom stereocenters. The number of hydrogen-bond acceptors (Lipinski definition) is 3. The number of amides is 1. The lowest BCUT2D eigenvalue weighted by Crippen LogP contribution is -2.48. The predicted molar refractivity (Wildman–Crippen MR) is 79.2 cm³/mol. The molecule has 0 spiro atoms. The van der Waals surface area contributed by atoms with Crippen LogP contribution < -0.4 is 0 Å². The molecular weight excluding hydrogens is 290 g/mol. The van der Waals surface area contributed by atoms with Crippen molar-refractivity contribution >= 4 is 17.5 Å². The summed E-state index contributed by atoms with van der Waals surface area (Å²) in [5.41, 5.74) is 1.55.